The van der Waals surface area contributed by atoms with E-state index in [1.54, 1.807) is 0 Å². The van der Waals surface area contributed by atoms with Crippen LogP contribution in [0.5, 0.6) is 0 Å². The standard InChI is InChI=1S/I4OS/c1-6(2,3,4)5. The van der Waals surface area contributed by atoms with Crippen LogP contribution in [-0.2, 0) is -2.25 Å². The third-order valence-corrected chi connectivity index (χ3v) is 0. The highest BCUT2D eigenvalue weighted by atomic mass is 127. The molecule has 0 unspecified atom stereocenters. The third-order valence-electron chi connectivity index (χ3n) is 0. The van der Waals surface area contributed by atoms with Gasteiger partial charge in [-0.25, -0.2) is 4.21 Å². The predicted molar refractivity (Wildman–Crippen MR) is 64.2 cm³/mol. The van der Waals surface area contributed by atoms with E-state index in [0.29, 0.717) is 0 Å². The van der Waals surface area contributed by atoms with Crippen molar-refractivity contribution >= 4 is 82.6 Å². The van der Waals surface area contributed by atoms with Crippen molar-refractivity contribution in [3.05, 3.63) is 0 Å². The lowest BCUT2D eigenvalue weighted by molar-refractivity contribution is 0.699. The van der Waals surface area contributed by atoms with Crippen LogP contribution in [0.2, 0.25) is 0 Å². The van der Waals surface area contributed by atoms with Gasteiger partial charge in [-0.1, -0.05) is 0 Å². The van der Waals surface area contributed by atoms with Gasteiger partial charge in [0.05, 0.1) is -2.25 Å². The summed E-state index contributed by atoms with van der Waals surface area (Å²) in [5, 5.41) is 0. The molecule has 0 rings (SSSR count). The third kappa shape index (κ3) is 27.6. The second-order valence-corrected chi connectivity index (χ2v) is 52.3. The highest BCUT2D eigenvalue weighted by Crippen LogP contribution is 2.56. The zero-order valence-electron chi connectivity index (χ0n) is 2.33. The summed E-state index contributed by atoms with van der Waals surface area (Å²) in [6, 6.07) is 0. The van der Waals surface area contributed by atoms with Crippen LogP contribution in [0.4, 0.5) is 0 Å². The van der Waals surface area contributed by atoms with Crippen LogP contribution >= 0.6 is 84.8 Å². The lowest BCUT2D eigenvalue weighted by Crippen LogP contribution is -1.82. The van der Waals surface area contributed by atoms with E-state index in [2.05, 4.69) is 0 Å². The molecule has 0 bridgehead atoms. The fourth-order valence-electron chi connectivity index (χ4n) is 0. The SMILES string of the molecule is O=S(I)(I)(I)I. The zero-order valence-corrected chi connectivity index (χ0v) is 11.8. The second kappa shape index (κ2) is 2.36. The molecule has 1 nitrogen and oxygen atoms in total. The van der Waals surface area contributed by atoms with Crippen molar-refractivity contribution in [2.75, 3.05) is 0 Å². The molecule has 0 radical (unpaired) electrons. The number of halogens is 4. The molecule has 0 atom stereocenters. The average molecular weight is 556 g/mol. The van der Waals surface area contributed by atoms with Crippen LogP contribution in [0.15, 0.2) is 0 Å². The maximum absolute atomic E-state index is 10.7. The normalized spacial score (nSPS) is 19.0. The van der Waals surface area contributed by atoms with Crippen LogP contribution in [0.25, 0.3) is 0 Å². The number of hydrogen-bond acceptors (Lipinski definition) is 1. The van der Waals surface area contributed by atoms with E-state index in [4.69, 9.17) is 0 Å². The summed E-state index contributed by atoms with van der Waals surface area (Å²) in [6.07, 6.45) is 0. The molecule has 0 aromatic rings. The largest absolute Gasteiger partial charge is 0.244 e. The highest BCUT2D eigenvalue weighted by Gasteiger charge is 2.17. The van der Waals surface area contributed by atoms with Crippen LogP contribution < -0.4 is 0 Å². The molecule has 0 spiro atoms. The number of hydrogen-bond donors (Lipinski definition) is 0. The highest BCUT2D eigenvalue weighted by molar-refractivity contribution is 14.6. The molecule has 0 aliphatic heterocycles. The maximum Gasteiger partial charge on any atom is 0.0904 e. The quantitative estimate of drug-likeness (QED) is 0.332. The van der Waals surface area contributed by atoms with E-state index in [9.17, 15) is 4.21 Å². The Hall–Kier alpha value is 3.07. The minimum absolute atomic E-state index is 1.92. The van der Waals surface area contributed by atoms with Gasteiger partial charge in [-0.2, -0.15) is 0 Å². The molecule has 0 saturated heterocycles. The predicted octanol–water partition coefficient (Wildman–Crippen LogP) is 3.21. The first kappa shape index (κ1) is 9.07. The van der Waals surface area contributed by atoms with E-state index in [-0.39, 0.29) is 0 Å². The molecule has 0 heterocycles. The maximum atomic E-state index is 10.7. The summed E-state index contributed by atoms with van der Waals surface area (Å²) in [5.74, 6) is 0. The minimum Gasteiger partial charge on any atom is -0.244 e. The lowest BCUT2D eigenvalue weighted by Gasteiger charge is -2.07. The van der Waals surface area contributed by atoms with Gasteiger partial charge >= 0.3 is 0 Å². The van der Waals surface area contributed by atoms with Crippen molar-refractivity contribution in [3.63, 3.8) is 0 Å². The van der Waals surface area contributed by atoms with E-state index >= 15 is 0 Å². The summed E-state index contributed by atoms with van der Waals surface area (Å²) in [6.45, 7) is 0. The van der Waals surface area contributed by atoms with Gasteiger partial charge in [-0.05, 0) is 0 Å². The Kier molecular flexibility index (Phi) is 3.57. The van der Waals surface area contributed by atoms with Gasteiger partial charge in [-0.3, -0.25) is 0 Å². The Morgan fingerprint density at radius 3 is 1.00 bits per heavy atom. The van der Waals surface area contributed by atoms with Gasteiger partial charge in [-0.15, -0.1) is 0 Å². The van der Waals surface area contributed by atoms with E-state index in [1.807, 2.05) is 84.8 Å². The van der Waals surface area contributed by atoms with E-state index in [1.165, 1.54) is 0 Å². The van der Waals surface area contributed by atoms with Gasteiger partial charge in [0.15, 0.2) is 0 Å². The molecular formula is I4OS. The summed E-state index contributed by atoms with van der Waals surface area (Å²) in [4.78, 5) is 0. The van der Waals surface area contributed by atoms with Gasteiger partial charge in [0.2, 0.25) is 0 Å². The molecule has 0 fully saturated rings. The van der Waals surface area contributed by atoms with Gasteiger partial charge in [0.25, 0.3) is 0 Å². The summed E-state index contributed by atoms with van der Waals surface area (Å²) in [5.41, 5.74) is 0. The summed E-state index contributed by atoms with van der Waals surface area (Å²) in [7, 11) is 0. The van der Waals surface area contributed by atoms with Crippen molar-refractivity contribution in [1.82, 2.24) is 0 Å². The summed E-state index contributed by atoms with van der Waals surface area (Å²) < 4.78 is 8.52. The minimum atomic E-state index is -2.22. The first-order valence-corrected chi connectivity index (χ1v) is 12.9. The molecular weight excluding hydrogens is 556 g/mol. The molecule has 0 N–H and O–H groups in total. The molecule has 6 heteroatoms. The zero-order chi connectivity index (χ0) is 5.45. The van der Waals surface area contributed by atoms with Crippen LogP contribution in [0.1, 0.15) is 0 Å². The molecule has 0 aliphatic carbocycles. The van der Waals surface area contributed by atoms with Crippen molar-refractivity contribution in [3.8, 4) is 0 Å². The Balaban J connectivity index is 4.16. The second-order valence-electron chi connectivity index (χ2n) is 0.602. The molecule has 0 saturated carbocycles. The molecule has 0 aliphatic rings. The Labute approximate surface area is 84.5 Å². The topological polar surface area (TPSA) is 17.1 Å². The van der Waals surface area contributed by atoms with Crippen molar-refractivity contribution in [2.24, 2.45) is 0 Å². The fraction of sp³-hybridized carbons (Fsp3) is 0. The Morgan fingerprint density at radius 2 is 1.00 bits per heavy atom. The van der Waals surface area contributed by atoms with Gasteiger partial charge in [0.1, 0.15) is 0 Å². The molecule has 0 amide bonds. The van der Waals surface area contributed by atoms with Crippen molar-refractivity contribution in [1.29, 1.82) is 0 Å². The molecule has 0 aromatic carbocycles. The Morgan fingerprint density at radius 1 is 1.00 bits per heavy atom. The Bertz CT molecular complexity index is 85.2. The van der Waals surface area contributed by atoms with E-state index < -0.39 is -2.25 Å². The summed E-state index contributed by atoms with van der Waals surface area (Å²) >= 11 is 7.70. The van der Waals surface area contributed by atoms with Crippen LogP contribution in [-0.4, -0.2) is 4.21 Å². The first-order chi connectivity index (χ1) is 2.24. The van der Waals surface area contributed by atoms with Gasteiger partial charge < -0.3 is 0 Å². The lowest BCUT2D eigenvalue weighted by atomic mass is 16.0. The van der Waals surface area contributed by atoms with Crippen LogP contribution in [0.3, 0.4) is 0 Å². The van der Waals surface area contributed by atoms with Crippen molar-refractivity contribution < 1.29 is 4.21 Å². The number of rotatable bonds is 0. The van der Waals surface area contributed by atoms with E-state index in [0.717, 1.165) is 0 Å². The molecule has 0 aromatic heterocycles. The average Bonchev–Trinajstić information content (AvgIpc) is 0.650. The smallest absolute Gasteiger partial charge is 0.0904 e. The monoisotopic (exact) mass is 556 g/mol. The molecule has 6 heavy (non-hydrogen) atoms. The fourth-order valence-corrected chi connectivity index (χ4v) is 0. The first-order valence-electron chi connectivity index (χ1n) is 0.784. The van der Waals surface area contributed by atoms with Crippen LogP contribution in [0, 0.1) is 0 Å². The van der Waals surface area contributed by atoms with Gasteiger partial charge in [0, 0.05) is 84.8 Å². The van der Waals surface area contributed by atoms with Crippen molar-refractivity contribution in [2.45, 2.75) is 0 Å². The molecule has 40 valence electrons.